The molecule has 1 aliphatic rings. The molecule has 4 nitrogen and oxygen atoms in total. The fraction of sp³-hybridized carbons (Fsp3) is 0.909. The first-order valence-electron chi connectivity index (χ1n) is 5.62. The summed E-state index contributed by atoms with van der Waals surface area (Å²) in [6.07, 6.45) is 2.09. The fourth-order valence-electron chi connectivity index (χ4n) is 1.65. The highest BCUT2D eigenvalue weighted by Crippen LogP contribution is 2.23. The van der Waals surface area contributed by atoms with Crippen LogP contribution in [0.3, 0.4) is 0 Å². The number of ether oxygens (including phenoxy) is 1. The molecule has 15 heavy (non-hydrogen) atoms. The van der Waals surface area contributed by atoms with Crippen molar-refractivity contribution in [2.45, 2.75) is 45.3 Å². The molecule has 3 unspecified atom stereocenters. The molecular weight excluding hydrogens is 192 g/mol. The third kappa shape index (κ3) is 3.47. The Bertz CT molecular complexity index is 223. The Kier molecular flexibility index (Phi) is 4.11. The van der Waals surface area contributed by atoms with Crippen molar-refractivity contribution in [2.24, 2.45) is 11.7 Å². The maximum Gasteiger partial charge on any atom is 0.224 e. The van der Waals surface area contributed by atoms with Gasteiger partial charge in [-0.1, -0.05) is 6.92 Å². The van der Waals surface area contributed by atoms with E-state index in [4.69, 9.17) is 10.5 Å². The largest absolute Gasteiger partial charge is 0.373 e. The van der Waals surface area contributed by atoms with E-state index >= 15 is 0 Å². The molecule has 3 atom stereocenters. The van der Waals surface area contributed by atoms with Gasteiger partial charge in [-0.2, -0.15) is 0 Å². The Balaban J connectivity index is 2.33. The summed E-state index contributed by atoms with van der Waals surface area (Å²) in [4.78, 5) is 11.6. The zero-order valence-electron chi connectivity index (χ0n) is 9.88. The second kappa shape index (κ2) is 4.94. The van der Waals surface area contributed by atoms with Crippen LogP contribution in [-0.2, 0) is 9.53 Å². The molecule has 0 aromatic carbocycles. The Morgan fingerprint density at radius 1 is 1.60 bits per heavy atom. The SMILES string of the molecule is CC(N)C(C)C(=O)NCC1(C)CCCO1. The second-order valence-corrected chi connectivity index (χ2v) is 4.77. The van der Waals surface area contributed by atoms with Crippen LogP contribution in [0.25, 0.3) is 0 Å². The summed E-state index contributed by atoms with van der Waals surface area (Å²) in [6, 6.07) is -0.109. The minimum absolute atomic E-state index is 0.0155. The summed E-state index contributed by atoms with van der Waals surface area (Å²) in [6.45, 7) is 7.12. The Hall–Kier alpha value is -0.610. The average Bonchev–Trinajstić information content (AvgIpc) is 2.61. The van der Waals surface area contributed by atoms with Gasteiger partial charge in [-0.3, -0.25) is 4.79 Å². The van der Waals surface area contributed by atoms with Crippen LogP contribution in [0.2, 0.25) is 0 Å². The lowest BCUT2D eigenvalue weighted by molar-refractivity contribution is -0.126. The van der Waals surface area contributed by atoms with Crippen LogP contribution in [0.1, 0.15) is 33.6 Å². The van der Waals surface area contributed by atoms with Crippen LogP contribution < -0.4 is 11.1 Å². The molecule has 1 aliphatic heterocycles. The number of nitrogens with two attached hydrogens (primary N) is 1. The van der Waals surface area contributed by atoms with Gasteiger partial charge in [0.15, 0.2) is 0 Å². The highest BCUT2D eigenvalue weighted by Gasteiger charge is 2.30. The van der Waals surface area contributed by atoms with E-state index < -0.39 is 0 Å². The van der Waals surface area contributed by atoms with Crippen LogP contribution in [0.4, 0.5) is 0 Å². The van der Waals surface area contributed by atoms with E-state index in [1.54, 1.807) is 0 Å². The number of carbonyl (C=O) groups excluding carboxylic acids is 1. The predicted octanol–water partition coefficient (Wildman–Crippen LogP) is 0.655. The zero-order valence-corrected chi connectivity index (χ0v) is 9.88. The molecule has 88 valence electrons. The minimum atomic E-state index is -0.173. The van der Waals surface area contributed by atoms with E-state index in [1.165, 1.54) is 0 Å². The van der Waals surface area contributed by atoms with E-state index in [-0.39, 0.29) is 23.5 Å². The molecule has 0 bridgehead atoms. The first-order chi connectivity index (χ1) is 6.94. The van der Waals surface area contributed by atoms with Gasteiger partial charge < -0.3 is 15.8 Å². The van der Waals surface area contributed by atoms with Gasteiger partial charge in [-0.25, -0.2) is 0 Å². The van der Waals surface area contributed by atoms with E-state index in [0.717, 1.165) is 19.4 Å². The van der Waals surface area contributed by atoms with Crippen molar-refractivity contribution in [2.75, 3.05) is 13.2 Å². The minimum Gasteiger partial charge on any atom is -0.373 e. The van der Waals surface area contributed by atoms with Gasteiger partial charge in [0.1, 0.15) is 0 Å². The molecule has 0 aromatic rings. The highest BCUT2D eigenvalue weighted by molar-refractivity contribution is 5.78. The first kappa shape index (κ1) is 12.5. The van der Waals surface area contributed by atoms with E-state index in [1.807, 2.05) is 20.8 Å². The average molecular weight is 214 g/mol. The summed E-state index contributed by atoms with van der Waals surface area (Å²) in [7, 11) is 0. The number of hydrogen-bond donors (Lipinski definition) is 2. The monoisotopic (exact) mass is 214 g/mol. The molecule has 0 radical (unpaired) electrons. The molecule has 0 spiro atoms. The molecule has 1 amide bonds. The number of carbonyl (C=O) groups is 1. The number of hydrogen-bond acceptors (Lipinski definition) is 3. The molecule has 4 heteroatoms. The van der Waals surface area contributed by atoms with Crippen molar-refractivity contribution in [1.82, 2.24) is 5.32 Å². The van der Waals surface area contributed by atoms with Crippen molar-refractivity contribution in [1.29, 1.82) is 0 Å². The topological polar surface area (TPSA) is 64.4 Å². The molecule has 0 aliphatic carbocycles. The summed E-state index contributed by atoms with van der Waals surface area (Å²) >= 11 is 0. The second-order valence-electron chi connectivity index (χ2n) is 4.77. The van der Waals surface area contributed by atoms with Gasteiger partial charge in [0.05, 0.1) is 5.60 Å². The molecule has 1 rings (SSSR count). The maximum absolute atomic E-state index is 11.6. The van der Waals surface area contributed by atoms with Gasteiger partial charge in [-0.05, 0) is 26.7 Å². The first-order valence-corrected chi connectivity index (χ1v) is 5.62. The number of rotatable bonds is 4. The molecule has 0 saturated carbocycles. The lowest BCUT2D eigenvalue weighted by Gasteiger charge is -2.25. The Labute approximate surface area is 91.5 Å². The zero-order chi connectivity index (χ0) is 11.5. The maximum atomic E-state index is 11.6. The summed E-state index contributed by atoms with van der Waals surface area (Å²) in [5, 5.41) is 2.90. The van der Waals surface area contributed by atoms with Crippen LogP contribution in [0.15, 0.2) is 0 Å². The standard InChI is InChI=1S/C11H22N2O2/c1-8(9(2)12)10(14)13-7-11(3)5-4-6-15-11/h8-9H,4-7,12H2,1-3H3,(H,13,14). The number of amides is 1. The van der Waals surface area contributed by atoms with Gasteiger partial charge in [0, 0.05) is 25.1 Å². The van der Waals surface area contributed by atoms with E-state index in [0.29, 0.717) is 6.54 Å². The molecule has 1 heterocycles. The smallest absolute Gasteiger partial charge is 0.224 e. The summed E-state index contributed by atoms with van der Waals surface area (Å²) < 4.78 is 5.59. The Morgan fingerprint density at radius 3 is 2.73 bits per heavy atom. The molecule has 1 fully saturated rings. The predicted molar refractivity (Wildman–Crippen MR) is 59.4 cm³/mol. The van der Waals surface area contributed by atoms with Crippen molar-refractivity contribution in [3.05, 3.63) is 0 Å². The van der Waals surface area contributed by atoms with Gasteiger partial charge in [0.2, 0.25) is 5.91 Å². The molecule has 3 N–H and O–H groups in total. The van der Waals surface area contributed by atoms with E-state index in [2.05, 4.69) is 5.32 Å². The lowest BCUT2D eigenvalue weighted by Crippen LogP contribution is -2.45. The third-order valence-corrected chi connectivity index (χ3v) is 3.14. The summed E-state index contributed by atoms with van der Waals surface area (Å²) in [5.41, 5.74) is 5.49. The van der Waals surface area contributed by atoms with Crippen molar-refractivity contribution in [3.63, 3.8) is 0 Å². The van der Waals surface area contributed by atoms with E-state index in [9.17, 15) is 4.79 Å². The quantitative estimate of drug-likeness (QED) is 0.722. The molecule has 0 aromatic heterocycles. The van der Waals surface area contributed by atoms with Crippen molar-refractivity contribution in [3.8, 4) is 0 Å². The summed E-state index contributed by atoms with van der Waals surface area (Å²) in [5.74, 6) is -0.128. The Morgan fingerprint density at radius 2 is 2.27 bits per heavy atom. The molecule has 1 saturated heterocycles. The highest BCUT2D eigenvalue weighted by atomic mass is 16.5. The van der Waals surface area contributed by atoms with Gasteiger partial charge >= 0.3 is 0 Å². The number of nitrogens with one attached hydrogen (secondary N) is 1. The third-order valence-electron chi connectivity index (χ3n) is 3.14. The van der Waals surface area contributed by atoms with Crippen LogP contribution in [0.5, 0.6) is 0 Å². The van der Waals surface area contributed by atoms with Gasteiger partial charge in [-0.15, -0.1) is 0 Å². The van der Waals surface area contributed by atoms with Gasteiger partial charge in [0.25, 0.3) is 0 Å². The van der Waals surface area contributed by atoms with Crippen molar-refractivity contribution >= 4 is 5.91 Å². The lowest BCUT2D eigenvalue weighted by atomic mass is 10.0. The molecular formula is C11H22N2O2. The van der Waals surface area contributed by atoms with Crippen LogP contribution in [-0.4, -0.2) is 30.7 Å². The normalized spacial score (nSPS) is 29.9. The van der Waals surface area contributed by atoms with Crippen LogP contribution in [0, 0.1) is 5.92 Å². The fourth-order valence-corrected chi connectivity index (χ4v) is 1.65. The van der Waals surface area contributed by atoms with Crippen LogP contribution >= 0.6 is 0 Å². The van der Waals surface area contributed by atoms with Crippen molar-refractivity contribution < 1.29 is 9.53 Å².